The fourth-order valence-electron chi connectivity index (χ4n) is 1.83. The summed E-state index contributed by atoms with van der Waals surface area (Å²) in [6.45, 7) is 3.88. The molecule has 2 amide bonds. The highest BCUT2D eigenvalue weighted by Gasteiger charge is 2.33. The van der Waals surface area contributed by atoms with Crippen molar-refractivity contribution in [3.63, 3.8) is 0 Å². The Labute approximate surface area is 104 Å². The first-order valence-corrected chi connectivity index (χ1v) is 6.31. The van der Waals surface area contributed by atoms with Crippen molar-refractivity contribution in [2.24, 2.45) is 0 Å². The minimum Gasteiger partial charge on any atom is -0.334 e. The molecule has 0 spiro atoms. The summed E-state index contributed by atoms with van der Waals surface area (Å²) in [4.78, 5) is 30.1. The van der Waals surface area contributed by atoms with E-state index in [1.807, 2.05) is 13.8 Å². The lowest BCUT2D eigenvalue weighted by Gasteiger charge is -2.18. The van der Waals surface area contributed by atoms with E-state index >= 15 is 0 Å². The number of carbonyl (C=O) groups is 2. The Morgan fingerprint density at radius 2 is 2.24 bits per heavy atom. The maximum absolute atomic E-state index is 12.0. The second kappa shape index (κ2) is 4.44. The molecule has 1 fully saturated rings. The minimum absolute atomic E-state index is 0.0247. The van der Waals surface area contributed by atoms with Gasteiger partial charge >= 0.3 is 0 Å². The van der Waals surface area contributed by atoms with E-state index < -0.39 is 0 Å². The van der Waals surface area contributed by atoms with Crippen molar-refractivity contribution < 1.29 is 9.59 Å². The van der Waals surface area contributed by atoms with Crippen LogP contribution in [-0.4, -0.2) is 34.8 Å². The van der Waals surface area contributed by atoms with Gasteiger partial charge in [-0.15, -0.1) is 11.3 Å². The molecule has 0 bridgehead atoms. The van der Waals surface area contributed by atoms with Crippen molar-refractivity contribution in [2.45, 2.75) is 32.7 Å². The predicted molar refractivity (Wildman–Crippen MR) is 66.0 cm³/mol. The number of aryl methyl sites for hydroxylation is 2. The molecule has 1 aliphatic rings. The number of likely N-dealkylation sites (N-methyl/N-ethyl adjacent to an activating group) is 1. The summed E-state index contributed by atoms with van der Waals surface area (Å²) in [6, 6.07) is -0.355. The molecule has 1 aromatic heterocycles. The van der Waals surface area contributed by atoms with E-state index in [1.54, 1.807) is 7.05 Å². The third kappa shape index (κ3) is 2.31. The van der Waals surface area contributed by atoms with Crippen LogP contribution in [0.1, 0.15) is 23.4 Å². The molecule has 1 aliphatic heterocycles. The number of nitrogens with one attached hydrogen (secondary N) is 1. The van der Waals surface area contributed by atoms with Gasteiger partial charge in [0.1, 0.15) is 6.04 Å². The van der Waals surface area contributed by atoms with Gasteiger partial charge in [-0.3, -0.25) is 9.59 Å². The number of thiazole rings is 1. The van der Waals surface area contributed by atoms with Crippen LogP contribution in [0.2, 0.25) is 0 Å². The largest absolute Gasteiger partial charge is 0.334 e. The highest BCUT2D eigenvalue weighted by atomic mass is 32.1. The van der Waals surface area contributed by atoms with E-state index in [2.05, 4.69) is 10.3 Å². The van der Waals surface area contributed by atoms with Gasteiger partial charge in [0.05, 0.1) is 5.69 Å². The summed E-state index contributed by atoms with van der Waals surface area (Å²) in [6.07, 6.45) is 1.04. The van der Waals surface area contributed by atoms with Crippen LogP contribution in [0.25, 0.3) is 0 Å². The van der Waals surface area contributed by atoms with Gasteiger partial charge in [0.2, 0.25) is 11.8 Å². The monoisotopic (exact) mass is 253 g/mol. The van der Waals surface area contributed by atoms with Gasteiger partial charge < -0.3 is 10.2 Å². The molecule has 1 atom stereocenters. The van der Waals surface area contributed by atoms with Crippen molar-refractivity contribution in [3.8, 4) is 0 Å². The fraction of sp³-hybridized carbons (Fsp3) is 0.545. The zero-order valence-corrected chi connectivity index (χ0v) is 10.9. The maximum atomic E-state index is 12.0. The number of aromatic nitrogens is 1. The van der Waals surface area contributed by atoms with E-state index in [9.17, 15) is 9.59 Å². The number of likely N-dealkylation sites (tertiary alicyclic amines) is 1. The topological polar surface area (TPSA) is 62.3 Å². The molecule has 0 saturated carbocycles. The lowest BCUT2D eigenvalue weighted by atomic mass is 10.2. The van der Waals surface area contributed by atoms with Crippen LogP contribution in [0.3, 0.4) is 0 Å². The Bertz CT molecular complexity index is 450. The molecule has 2 rings (SSSR count). The number of amides is 2. The van der Waals surface area contributed by atoms with Crippen LogP contribution in [0.5, 0.6) is 0 Å². The third-order valence-electron chi connectivity index (χ3n) is 3.05. The summed E-state index contributed by atoms with van der Waals surface area (Å²) in [5, 5.41) is 3.38. The molecule has 2 heterocycles. The Balaban J connectivity index is 2.04. The van der Waals surface area contributed by atoms with Crippen molar-refractivity contribution in [1.82, 2.24) is 9.88 Å². The molecule has 1 aromatic rings. The molecule has 0 aromatic carbocycles. The molecule has 1 unspecified atom stereocenters. The number of rotatable bonds is 2. The van der Waals surface area contributed by atoms with Gasteiger partial charge in [-0.2, -0.15) is 0 Å². The van der Waals surface area contributed by atoms with E-state index in [-0.39, 0.29) is 17.9 Å². The number of carbonyl (C=O) groups excluding carboxylic acids is 2. The van der Waals surface area contributed by atoms with Crippen LogP contribution in [0, 0.1) is 13.8 Å². The molecule has 0 aliphatic carbocycles. The molecular formula is C11H15N3O2S. The minimum atomic E-state index is -0.355. The highest BCUT2D eigenvalue weighted by molar-refractivity contribution is 7.15. The Hall–Kier alpha value is -1.43. The van der Waals surface area contributed by atoms with E-state index in [0.717, 1.165) is 10.6 Å². The van der Waals surface area contributed by atoms with E-state index in [1.165, 1.54) is 16.2 Å². The average molecular weight is 253 g/mol. The number of anilines is 1. The van der Waals surface area contributed by atoms with E-state index in [4.69, 9.17) is 0 Å². The second-order valence-corrected chi connectivity index (χ2v) is 5.41. The summed E-state index contributed by atoms with van der Waals surface area (Å²) in [5.41, 5.74) is 0.932. The van der Waals surface area contributed by atoms with Crippen LogP contribution in [0.15, 0.2) is 0 Å². The van der Waals surface area contributed by atoms with Crippen LogP contribution in [-0.2, 0) is 9.59 Å². The number of nitrogens with zero attached hydrogens (tertiary/aromatic N) is 2. The summed E-state index contributed by atoms with van der Waals surface area (Å²) < 4.78 is 0. The van der Waals surface area contributed by atoms with Crippen molar-refractivity contribution in [2.75, 3.05) is 12.4 Å². The zero-order valence-electron chi connectivity index (χ0n) is 10.1. The summed E-state index contributed by atoms with van der Waals surface area (Å²) >= 11 is 1.46. The van der Waals surface area contributed by atoms with Crippen LogP contribution >= 0.6 is 11.3 Å². The molecule has 5 nitrogen and oxygen atoms in total. The lowest BCUT2D eigenvalue weighted by Crippen LogP contribution is -2.38. The van der Waals surface area contributed by atoms with Gasteiger partial charge in [-0.1, -0.05) is 0 Å². The fourth-order valence-corrected chi connectivity index (χ4v) is 2.64. The average Bonchev–Trinajstić information content (AvgIpc) is 2.73. The van der Waals surface area contributed by atoms with Crippen LogP contribution < -0.4 is 5.32 Å². The molecule has 1 saturated heterocycles. The van der Waals surface area contributed by atoms with Crippen molar-refractivity contribution in [1.29, 1.82) is 0 Å². The number of hydrogen-bond donors (Lipinski definition) is 1. The van der Waals surface area contributed by atoms with Gasteiger partial charge in [0.15, 0.2) is 5.13 Å². The highest BCUT2D eigenvalue weighted by Crippen LogP contribution is 2.23. The van der Waals surface area contributed by atoms with Gasteiger partial charge in [0, 0.05) is 18.3 Å². The SMILES string of the molecule is Cc1nc(NC(=O)C2CCC(=O)N2C)sc1C. The Morgan fingerprint density at radius 3 is 2.71 bits per heavy atom. The van der Waals surface area contributed by atoms with Crippen molar-refractivity contribution >= 4 is 28.3 Å². The van der Waals surface area contributed by atoms with Crippen LogP contribution in [0.4, 0.5) is 5.13 Å². The van der Waals surface area contributed by atoms with Gasteiger partial charge in [0.25, 0.3) is 0 Å². The first kappa shape index (κ1) is 12.0. The molecule has 92 valence electrons. The summed E-state index contributed by atoms with van der Waals surface area (Å²) in [5.74, 6) is -0.122. The Kier molecular flexibility index (Phi) is 3.15. The van der Waals surface area contributed by atoms with Gasteiger partial charge in [-0.25, -0.2) is 4.98 Å². The summed E-state index contributed by atoms with van der Waals surface area (Å²) in [7, 11) is 1.66. The Morgan fingerprint density at radius 1 is 1.53 bits per heavy atom. The zero-order chi connectivity index (χ0) is 12.6. The molecule has 1 N–H and O–H groups in total. The second-order valence-electron chi connectivity index (χ2n) is 4.21. The van der Waals surface area contributed by atoms with Gasteiger partial charge in [-0.05, 0) is 20.3 Å². The lowest BCUT2D eigenvalue weighted by molar-refractivity contribution is -0.131. The van der Waals surface area contributed by atoms with Crippen molar-refractivity contribution in [3.05, 3.63) is 10.6 Å². The van der Waals surface area contributed by atoms with E-state index in [0.29, 0.717) is 18.0 Å². The smallest absolute Gasteiger partial charge is 0.248 e. The normalized spacial score (nSPS) is 19.8. The predicted octanol–water partition coefficient (Wildman–Crippen LogP) is 1.32. The first-order chi connectivity index (χ1) is 7.99. The molecule has 17 heavy (non-hydrogen) atoms. The quantitative estimate of drug-likeness (QED) is 0.864. The molecule has 0 radical (unpaired) electrons. The molecule has 6 heteroatoms. The third-order valence-corrected chi connectivity index (χ3v) is 4.04. The molecular weight excluding hydrogens is 238 g/mol. The maximum Gasteiger partial charge on any atom is 0.248 e. The standard InChI is InChI=1S/C11H15N3O2S/c1-6-7(2)17-11(12-6)13-10(16)8-4-5-9(15)14(8)3/h8H,4-5H2,1-3H3,(H,12,13,16). The first-order valence-electron chi connectivity index (χ1n) is 5.49. The number of hydrogen-bond acceptors (Lipinski definition) is 4.